The van der Waals surface area contributed by atoms with Gasteiger partial charge in [0.1, 0.15) is 0 Å². The van der Waals surface area contributed by atoms with Crippen LogP contribution in [-0.4, -0.2) is 38.5 Å². The van der Waals surface area contributed by atoms with Crippen molar-refractivity contribution in [3.63, 3.8) is 0 Å². The molecule has 1 aromatic heterocycles. The molecule has 9 heteroatoms. The van der Waals surface area contributed by atoms with Crippen LogP contribution in [0.4, 0.5) is 0 Å². The Morgan fingerprint density at radius 3 is 2.38 bits per heavy atom. The first kappa shape index (κ1) is 13.3. The third-order valence-electron chi connectivity index (χ3n) is 1.68. The molecule has 90 valence electrons. The zero-order valence-corrected chi connectivity index (χ0v) is 10.7. The van der Waals surface area contributed by atoms with Gasteiger partial charge in [-0.25, -0.2) is 16.8 Å². The van der Waals surface area contributed by atoms with Crippen molar-refractivity contribution in [2.24, 2.45) is 0 Å². The molecular weight excluding hydrogens is 276 g/mol. The minimum absolute atomic E-state index is 0.243. The van der Waals surface area contributed by atoms with E-state index < -0.39 is 30.4 Å². The van der Waals surface area contributed by atoms with Crippen molar-refractivity contribution in [3.05, 3.63) is 17.8 Å². The molecular formula is C7H9ClN2O4S2. The molecule has 0 bridgehead atoms. The first-order valence-corrected chi connectivity index (χ1v) is 8.28. The van der Waals surface area contributed by atoms with Crippen LogP contribution in [0, 0.1) is 6.92 Å². The molecule has 0 aliphatic heterocycles. The second kappa shape index (κ2) is 4.64. The molecule has 1 rings (SSSR count). The van der Waals surface area contributed by atoms with Crippen LogP contribution in [0.1, 0.15) is 5.56 Å². The molecule has 0 atom stereocenters. The lowest BCUT2D eigenvalue weighted by Crippen LogP contribution is -2.15. The molecule has 6 nitrogen and oxygen atoms in total. The highest BCUT2D eigenvalue weighted by atomic mass is 35.7. The van der Waals surface area contributed by atoms with Crippen LogP contribution >= 0.6 is 10.7 Å². The van der Waals surface area contributed by atoms with Crippen molar-refractivity contribution in [3.8, 4) is 0 Å². The second-order valence-corrected chi connectivity index (χ2v) is 8.09. The normalized spacial score (nSPS) is 12.6. The Morgan fingerprint density at radius 2 is 1.88 bits per heavy atom. The van der Waals surface area contributed by atoms with Crippen LogP contribution in [0.15, 0.2) is 17.3 Å². The van der Waals surface area contributed by atoms with E-state index in [2.05, 4.69) is 10.2 Å². The third-order valence-corrected chi connectivity index (χ3v) is 4.67. The lowest BCUT2D eigenvalue weighted by Gasteiger charge is -2.01. The van der Waals surface area contributed by atoms with Crippen molar-refractivity contribution in [2.75, 3.05) is 11.5 Å². The monoisotopic (exact) mass is 284 g/mol. The predicted molar refractivity (Wildman–Crippen MR) is 58.5 cm³/mol. The van der Waals surface area contributed by atoms with Crippen molar-refractivity contribution < 1.29 is 16.8 Å². The van der Waals surface area contributed by atoms with E-state index in [0.717, 1.165) is 0 Å². The van der Waals surface area contributed by atoms with Crippen molar-refractivity contribution in [1.82, 2.24) is 10.2 Å². The number of hydrogen-bond donors (Lipinski definition) is 0. The fourth-order valence-corrected chi connectivity index (χ4v) is 3.89. The van der Waals surface area contributed by atoms with Gasteiger partial charge in [-0.3, -0.25) is 0 Å². The first-order valence-electron chi connectivity index (χ1n) is 4.15. The number of aromatic nitrogens is 2. The number of halogens is 1. The van der Waals surface area contributed by atoms with E-state index in [4.69, 9.17) is 10.7 Å². The van der Waals surface area contributed by atoms with Gasteiger partial charge in [0.25, 0.3) is 0 Å². The average Bonchev–Trinajstić information content (AvgIpc) is 2.14. The smallest absolute Gasteiger partial charge is 0.222 e. The van der Waals surface area contributed by atoms with Crippen LogP contribution in [0.5, 0.6) is 0 Å². The van der Waals surface area contributed by atoms with Crippen LogP contribution in [0.3, 0.4) is 0 Å². The molecule has 16 heavy (non-hydrogen) atoms. The highest BCUT2D eigenvalue weighted by Crippen LogP contribution is 2.09. The fourth-order valence-electron chi connectivity index (χ4n) is 0.904. The summed E-state index contributed by atoms with van der Waals surface area (Å²) in [6.45, 7) is 1.66. The average molecular weight is 285 g/mol. The molecule has 0 saturated carbocycles. The highest BCUT2D eigenvalue weighted by molar-refractivity contribution is 8.14. The van der Waals surface area contributed by atoms with Crippen LogP contribution in [0.25, 0.3) is 0 Å². The van der Waals surface area contributed by atoms with Gasteiger partial charge in [0.15, 0.2) is 14.9 Å². The minimum atomic E-state index is -3.83. The van der Waals surface area contributed by atoms with Gasteiger partial charge in [0.05, 0.1) is 17.7 Å². The van der Waals surface area contributed by atoms with E-state index in [0.29, 0.717) is 5.56 Å². The lowest BCUT2D eigenvalue weighted by atomic mass is 10.4. The molecule has 0 fully saturated rings. The van der Waals surface area contributed by atoms with E-state index in [9.17, 15) is 16.8 Å². The number of aryl methyl sites for hydroxylation is 1. The molecule has 0 aliphatic rings. The quantitative estimate of drug-likeness (QED) is 0.729. The Balaban J connectivity index is 2.95. The van der Waals surface area contributed by atoms with Gasteiger partial charge < -0.3 is 0 Å². The van der Waals surface area contributed by atoms with Crippen molar-refractivity contribution in [1.29, 1.82) is 0 Å². The molecule has 0 unspecified atom stereocenters. The van der Waals surface area contributed by atoms with Gasteiger partial charge in [0, 0.05) is 10.7 Å². The summed E-state index contributed by atoms with van der Waals surface area (Å²) in [6.07, 6.45) is 1.40. The molecule has 0 spiro atoms. The molecule has 0 saturated heterocycles. The number of rotatable bonds is 4. The summed E-state index contributed by atoms with van der Waals surface area (Å²) in [6, 6.07) is 1.32. The van der Waals surface area contributed by atoms with Gasteiger partial charge in [-0.05, 0) is 18.6 Å². The van der Waals surface area contributed by atoms with E-state index in [1.807, 2.05) is 0 Å². The van der Waals surface area contributed by atoms with Gasteiger partial charge in [-0.2, -0.15) is 5.10 Å². The SMILES string of the molecule is Cc1cnnc(S(=O)(=O)CCS(=O)(=O)Cl)c1. The zero-order valence-electron chi connectivity index (χ0n) is 8.29. The second-order valence-electron chi connectivity index (χ2n) is 3.13. The van der Waals surface area contributed by atoms with Crippen LogP contribution in [0.2, 0.25) is 0 Å². The summed E-state index contributed by atoms with van der Waals surface area (Å²) >= 11 is 0. The Hall–Kier alpha value is -0.730. The summed E-state index contributed by atoms with van der Waals surface area (Å²) in [4.78, 5) is 0. The largest absolute Gasteiger partial charge is 0.233 e. The Labute approximate surface area is 98.0 Å². The van der Waals surface area contributed by atoms with Crippen molar-refractivity contribution >= 4 is 29.6 Å². The summed E-state index contributed by atoms with van der Waals surface area (Å²) in [5, 5.41) is 6.68. The predicted octanol–water partition coefficient (Wildman–Crippen LogP) is 0.127. The van der Waals surface area contributed by atoms with E-state index in [1.54, 1.807) is 6.92 Å². The number of hydrogen-bond acceptors (Lipinski definition) is 6. The van der Waals surface area contributed by atoms with E-state index in [-0.39, 0.29) is 5.03 Å². The number of sulfone groups is 1. The maximum atomic E-state index is 11.6. The molecule has 0 amide bonds. The summed E-state index contributed by atoms with van der Waals surface area (Å²) < 4.78 is 44.5. The summed E-state index contributed by atoms with van der Waals surface area (Å²) in [5.74, 6) is -1.25. The molecule has 1 aromatic rings. The maximum Gasteiger partial charge on any atom is 0.233 e. The molecule has 0 N–H and O–H groups in total. The third kappa shape index (κ3) is 4.03. The molecule has 1 heterocycles. The summed E-state index contributed by atoms with van der Waals surface area (Å²) in [7, 11) is -2.65. The topological polar surface area (TPSA) is 94.1 Å². The first-order chi connectivity index (χ1) is 7.21. The Kier molecular flexibility index (Phi) is 3.87. The van der Waals surface area contributed by atoms with Crippen LogP contribution in [-0.2, 0) is 18.9 Å². The standard InChI is InChI=1S/C7H9ClN2O4S2/c1-6-4-7(10-9-5-6)15(11,12)2-3-16(8,13)14/h4-5H,2-3H2,1H3. The Morgan fingerprint density at radius 1 is 1.25 bits per heavy atom. The highest BCUT2D eigenvalue weighted by Gasteiger charge is 2.20. The van der Waals surface area contributed by atoms with Gasteiger partial charge in [0.2, 0.25) is 9.05 Å². The zero-order chi connectivity index (χ0) is 12.4. The molecule has 0 aliphatic carbocycles. The van der Waals surface area contributed by atoms with Crippen molar-refractivity contribution in [2.45, 2.75) is 11.9 Å². The maximum absolute atomic E-state index is 11.6. The number of nitrogens with zero attached hydrogens (tertiary/aromatic N) is 2. The van der Waals surface area contributed by atoms with Gasteiger partial charge >= 0.3 is 0 Å². The molecule has 0 aromatic carbocycles. The molecule has 0 radical (unpaired) electrons. The fraction of sp³-hybridized carbons (Fsp3) is 0.429. The van der Waals surface area contributed by atoms with Gasteiger partial charge in [-0.15, -0.1) is 5.10 Å². The van der Waals surface area contributed by atoms with E-state index >= 15 is 0 Å². The Bertz CT molecular complexity index is 582. The van der Waals surface area contributed by atoms with E-state index in [1.165, 1.54) is 12.3 Å². The van der Waals surface area contributed by atoms with Gasteiger partial charge in [-0.1, -0.05) is 0 Å². The lowest BCUT2D eigenvalue weighted by molar-refractivity contribution is 0.587. The van der Waals surface area contributed by atoms with Crippen LogP contribution < -0.4 is 0 Å². The minimum Gasteiger partial charge on any atom is -0.222 e. The summed E-state index contributed by atoms with van der Waals surface area (Å²) in [5.41, 5.74) is 0.627.